The van der Waals surface area contributed by atoms with Crippen LogP contribution in [0.5, 0.6) is 0 Å². The first-order valence-electron chi connectivity index (χ1n) is 1.34. The van der Waals surface area contributed by atoms with Crippen LogP contribution in [0.15, 0.2) is 0 Å². The van der Waals surface area contributed by atoms with Crippen LogP contribution < -0.4 is 0 Å². The van der Waals surface area contributed by atoms with Crippen LogP contribution in [0.2, 0.25) is 0 Å². The van der Waals surface area contributed by atoms with Gasteiger partial charge in [0.25, 0.3) is 0 Å². The summed E-state index contributed by atoms with van der Waals surface area (Å²) in [6, 6.07) is 0. The maximum absolute atomic E-state index is 6.25. The number of hydrogen-bond acceptors (Lipinski definition) is 6. The fourth-order valence-corrected chi connectivity index (χ4v) is 0. The molecule has 106 valence electrons. The molecule has 0 fully saturated rings. The van der Waals surface area contributed by atoms with Gasteiger partial charge in [-0.25, -0.2) is 0 Å². The minimum Gasteiger partial charge on any atom is -0.512 e. The van der Waals surface area contributed by atoms with Gasteiger partial charge in [0, 0.05) is 34.1 Å². The van der Waals surface area contributed by atoms with Crippen molar-refractivity contribution in [2.45, 2.75) is 0 Å². The van der Waals surface area contributed by atoms with Crippen LogP contribution >= 0.6 is 0 Å². The van der Waals surface area contributed by atoms with E-state index in [0.717, 1.165) is 0 Å². The molecular weight excluding hydrogens is 466 g/mol. The molecule has 0 amide bonds. The molecule has 0 saturated heterocycles. The van der Waals surface area contributed by atoms with Gasteiger partial charge in [-0.15, -0.1) is 0 Å². The molecule has 0 heterocycles. The molecule has 6 nitrogen and oxygen atoms in total. The van der Waals surface area contributed by atoms with E-state index < -0.39 is 0 Å². The first kappa shape index (κ1) is 130. The van der Waals surface area contributed by atoms with Crippen LogP contribution in [0.3, 0.4) is 0 Å². The van der Waals surface area contributed by atoms with Crippen molar-refractivity contribution in [3.05, 3.63) is 39.4 Å². The van der Waals surface area contributed by atoms with Crippen LogP contribution in [0.1, 0.15) is 0 Å². The summed E-state index contributed by atoms with van der Waals surface area (Å²) in [6.07, 6.45) is 0. The third-order valence-corrected chi connectivity index (χ3v) is 0. The minimum atomic E-state index is 0. The van der Waals surface area contributed by atoms with Crippen molar-refractivity contribution in [2.24, 2.45) is 0 Å². The van der Waals surface area contributed by atoms with E-state index in [1.165, 1.54) is 0 Å². The zero-order valence-corrected chi connectivity index (χ0v) is 12.1. The van der Waals surface area contributed by atoms with Gasteiger partial charge in [0.15, 0.2) is 0 Å². The van der Waals surface area contributed by atoms with Crippen LogP contribution in [0.4, 0.5) is 0 Å². The molecule has 0 aliphatic heterocycles. The van der Waals surface area contributed by atoms with E-state index in [9.17, 15) is 0 Å². The fraction of sp³-hybridized carbons (Fsp3) is 0. The Balaban J connectivity index is -0.00000000267. The molecule has 0 spiro atoms. The molecule has 0 atom stereocenters. The van der Waals surface area contributed by atoms with E-state index in [2.05, 4.69) is 0 Å². The molecule has 17 heavy (non-hydrogen) atoms. The Labute approximate surface area is 155 Å². The van der Waals surface area contributed by atoms with Crippen molar-refractivity contribution >= 4 is 0 Å². The molecule has 0 bridgehead atoms. The van der Waals surface area contributed by atoms with Gasteiger partial charge in [0.2, 0.25) is 0 Å². The topological polar surface area (TPSA) is 143 Å². The van der Waals surface area contributed by atoms with E-state index in [-0.39, 0.29) is 85.3 Å². The Morgan fingerprint density at radius 2 is 0.353 bits per heavy atom. The summed E-state index contributed by atoms with van der Waals surface area (Å²) in [5.41, 5.74) is 0. The summed E-state index contributed by atoms with van der Waals surface area (Å²) in [5.74, 6) is 0. The molecular formula is C6Cu4FeN6. The van der Waals surface area contributed by atoms with E-state index in [4.69, 9.17) is 71.0 Å². The zero-order valence-electron chi connectivity index (χ0n) is 7.24. The largest absolute Gasteiger partial charge is 4.00 e. The summed E-state index contributed by atoms with van der Waals surface area (Å²) in [6.45, 7) is 28.5. The number of rotatable bonds is 0. The van der Waals surface area contributed by atoms with Crippen molar-refractivity contribution in [3.63, 3.8) is 0 Å². The molecule has 0 aromatic heterocycles. The Hall–Kier alpha value is -0.463. The van der Waals surface area contributed by atoms with E-state index in [1.807, 2.05) is 0 Å². The van der Waals surface area contributed by atoms with Crippen molar-refractivity contribution in [2.75, 3.05) is 0 Å². The maximum atomic E-state index is 6.25. The molecule has 0 aromatic carbocycles. The SMILES string of the molecule is [C-]#N.[C-]#N.[C-]#N.[C-]#N.[C-]#N.[C-]#N.[Cu+].[Cu+].[Cu].[Cu].[Fe+4]. The van der Waals surface area contributed by atoms with Crippen molar-refractivity contribution in [1.29, 1.82) is 31.6 Å². The average Bonchev–Trinajstić information content (AvgIpc) is 2.33. The van der Waals surface area contributed by atoms with Gasteiger partial charge in [-0.1, -0.05) is 0 Å². The van der Waals surface area contributed by atoms with Crippen LogP contribution in [0.25, 0.3) is 0 Å². The number of nitrogens with zero attached hydrogens (tertiary/aromatic N) is 6. The van der Waals surface area contributed by atoms with Gasteiger partial charge >= 0.3 is 51.2 Å². The molecule has 0 rings (SSSR count). The summed E-state index contributed by atoms with van der Waals surface area (Å²) in [5, 5.41) is 37.5. The predicted octanol–water partition coefficient (Wildman–Crippen LogP) is 0.566. The molecule has 11 heteroatoms. The van der Waals surface area contributed by atoms with E-state index in [1.54, 1.807) is 0 Å². The molecule has 0 aromatic rings. The van der Waals surface area contributed by atoms with Gasteiger partial charge in [-0.3, -0.25) is 0 Å². The van der Waals surface area contributed by atoms with Gasteiger partial charge in [0.1, 0.15) is 0 Å². The quantitative estimate of drug-likeness (QED) is 0.377. The molecule has 2 radical (unpaired) electrons. The molecule has 0 aliphatic rings. The first-order valence-corrected chi connectivity index (χ1v) is 1.34. The second-order valence-corrected chi connectivity index (χ2v) is 0. The van der Waals surface area contributed by atoms with Gasteiger partial charge < -0.3 is 71.0 Å². The average molecular weight is 466 g/mol. The second kappa shape index (κ2) is 15300. The number of hydrogen-bond donors (Lipinski definition) is 0. The summed E-state index contributed by atoms with van der Waals surface area (Å²) in [4.78, 5) is 0. The molecule has 0 saturated carbocycles. The molecule has 0 N–H and O–H groups in total. The normalized spacial score (nSPS) is 0.706. The van der Waals surface area contributed by atoms with Crippen LogP contribution in [-0.2, 0) is 85.3 Å². The van der Waals surface area contributed by atoms with Crippen molar-refractivity contribution in [1.82, 2.24) is 0 Å². The van der Waals surface area contributed by atoms with Crippen molar-refractivity contribution in [3.8, 4) is 0 Å². The molecule has 0 aliphatic carbocycles. The van der Waals surface area contributed by atoms with Crippen LogP contribution in [0, 0.1) is 71.0 Å². The van der Waals surface area contributed by atoms with Crippen molar-refractivity contribution < 1.29 is 85.3 Å². The summed E-state index contributed by atoms with van der Waals surface area (Å²) < 4.78 is 0. The summed E-state index contributed by atoms with van der Waals surface area (Å²) >= 11 is 0. The molecule has 0 unspecified atom stereocenters. The predicted molar refractivity (Wildman–Crippen MR) is 29.8 cm³/mol. The van der Waals surface area contributed by atoms with Gasteiger partial charge in [-0.05, 0) is 0 Å². The maximum Gasteiger partial charge on any atom is 4.00 e. The third-order valence-electron chi connectivity index (χ3n) is 0. The Morgan fingerprint density at radius 1 is 0.353 bits per heavy atom. The third kappa shape index (κ3) is 13300. The standard InChI is InChI=1S/6CN.4Cu.Fe/c6*1-2;;;;;/q6*-1;;;2*+1;+4. The Bertz CT molecular complexity index is 106. The van der Waals surface area contributed by atoms with Gasteiger partial charge in [-0.2, -0.15) is 0 Å². The second-order valence-electron chi connectivity index (χ2n) is 0. The monoisotopic (exact) mass is 464 g/mol. The first-order chi connectivity index (χ1) is 6.00. The summed E-state index contributed by atoms with van der Waals surface area (Å²) in [7, 11) is 0. The zero-order chi connectivity index (χ0) is 12.0. The minimum absolute atomic E-state index is 0. The van der Waals surface area contributed by atoms with E-state index in [0.29, 0.717) is 0 Å². The van der Waals surface area contributed by atoms with E-state index >= 15 is 0 Å². The van der Waals surface area contributed by atoms with Gasteiger partial charge in [0.05, 0.1) is 0 Å². The smallest absolute Gasteiger partial charge is 0.512 e. The van der Waals surface area contributed by atoms with Crippen LogP contribution in [-0.4, -0.2) is 0 Å². The Kier molecular flexibility index (Phi) is 118000. The Morgan fingerprint density at radius 3 is 0.353 bits per heavy atom. The fourth-order valence-electron chi connectivity index (χ4n) is 0.